The number of ether oxygens (including phenoxy) is 1. The van der Waals surface area contributed by atoms with Gasteiger partial charge in [-0.05, 0) is 72.9 Å². The molecule has 0 saturated heterocycles. The van der Waals surface area contributed by atoms with E-state index in [4.69, 9.17) is 9.26 Å². The van der Waals surface area contributed by atoms with Gasteiger partial charge >= 0.3 is 5.97 Å². The van der Waals surface area contributed by atoms with E-state index in [9.17, 15) is 9.90 Å². The Kier molecular flexibility index (Phi) is 9.08. The van der Waals surface area contributed by atoms with E-state index in [-0.39, 0.29) is 11.4 Å². The number of aromatic nitrogens is 1. The van der Waals surface area contributed by atoms with Crippen LogP contribution in [0.5, 0.6) is 0 Å². The Morgan fingerprint density at radius 1 is 0.889 bits per heavy atom. The molecule has 1 unspecified atom stereocenters. The van der Waals surface area contributed by atoms with Gasteiger partial charge in [0.25, 0.3) is 0 Å². The molecule has 5 nitrogen and oxygen atoms in total. The van der Waals surface area contributed by atoms with Gasteiger partial charge in [0.15, 0.2) is 5.76 Å². The Morgan fingerprint density at radius 2 is 1.51 bits per heavy atom. The fourth-order valence-corrected chi connectivity index (χ4v) is 6.04. The van der Waals surface area contributed by atoms with Crippen LogP contribution in [0.3, 0.4) is 0 Å². The predicted molar refractivity (Wildman–Crippen MR) is 179 cm³/mol. The van der Waals surface area contributed by atoms with Crippen LogP contribution in [0.15, 0.2) is 114 Å². The number of esters is 1. The molecule has 1 aliphatic rings. The van der Waals surface area contributed by atoms with Crippen molar-refractivity contribution in [2.75, 3.05) is 6.61 Å². The van der Waals surface area contributed by atoms with E-state index in [1.807, 2.05) is 44.2 Å². The van der Waals surface area contributed by atoms with Crippen LogP contribution >= 0.6 is 0 Å². The van der Waals surface area contributed by atoms with Gasteiger partial charge in [0, 0.05) is 11.0 Å². The molecule has 1 aromatic heterocycles. The van der Waals surface area contributed by atoms with Crippen LogP contribution in [-0.2, 0) is 21.4 Å². The number of carbonyl (C=O) groups is 1. The van der Waals surface area contributed by atoms with Crippen LogP contribution in [-0.4, -0.2) is 22.8 Å². The highest BCUT2D eigenvalue weighted by Crippen LogP contribution is 2.51. The second-order valence-electron chi connectivity index (χ2n) is 12.0. The van der Waals surface area contributed by atoms with Crippen LogP contribution in [0.25, 0.3) is 28.5 Å². The molecule has 0 radical (unpaired) electrons. The molecule has 1 atom stereocenters. The standard InChI is InChI=1S/C40H39NO4/c1-3-44-37(43)27-40(24-25-40)35-22-20-33(21-23-35)32-16-18-34(19-17-32)39-38(28(2)41-45-39)36(42)11-7-10-29-12-14-31(15-13-29)26-30-8-5-4-6-9-30/h4-10,12-23,36,42H,3,11,24-27H2,1-2H3. The molecule has 1 saturated carbocycles. The number of benzene rings is 4. The van der Waals surface area contributed by atoms with Gasteiger partial charge in [-0.1, -0.05) is 120 Å². The third-order valence-corrected chi connectivity index (χ3v) is 8.76. The summed E-state index contributed by atoms with van der Waals surface area (Å²) in [6, 6.07) is 35.6. The minimum absolute atomic E-state index is 0.0711. The van der Waals surface area contributed by atoms with Crippen molar-refractivity contribution >= 4 is 12.0 Å². The first-order valence-electron chi connectivity index (χ1n) is 15.7. The molecule has 1 N–H and O–H groups in total. The third kappa shape index (κ3) is 7.16. The van der Waals surface area contributed by atoms with E-state index >= 15 is 0 Å². The van der Waals surface area contributed by atoms with Crippen molar-refractivity contribution in [1.82, 2.24) is 5.16 Å². The Hall–Kier alpha value is -4.74. The highest BCUT2D eigenvalue weighted by atomic mass is 16.5. The second-order valence-corrected chi connectivity index (χ2v) is 12.0. The Balaban J connectivity index is 1.09. The third-order valence-electron chi connectivity index (χ3n) is 8.76. The predicted octanol–water partition coefficient (Wildman–Crippen LogP) is 9.03. The monoisotopic (exact) mass is 597 g/mol. The van der Waals surface area contributed by atoms with Gasteiger partial charge < -0.3 is 14.4 Å². The van der Waals surface area contributed by atoms with Crippen molar-refractivity contribution in [3.63, 3.8) is 0 Å². The molecule has 0 amide bonds. The molecule has 5 heteroatoms. The summed E-state index contributed by atoms with van der Waals surface area (Å²) >= 11 is 0. The van der Waals surface area contributed by atoms with Gasteiger partial charge in [0.1, 0.15) is 0 Å². The summed E-state index contributed by atoms with van der Waals surface area (Å²) in [5.41, 5.74) is 9.23. The molecule has 0 aliphatic heterocycles. The highest BCUT2D eigenvalue weighted by molar-refractivity contribution is 5.73. The number of nitrogens with zero attached hydrogens (tertiary/aromatic N) is 1. The summed E-state index contributed by atoms with van der Waals surface area (Å²) in [6.07, 6.45) is 7.13. The quantitative estimate of drug-likeness (QED) is 0.145. The van der Waals surface area contributed by atoms with Gasteiger partial charge in [-0.15, -0.1) is 0 Å². The Morgan fingerprint density at radius 3 is 2.16 bits per heavy atom. The molecule has 228 valence electrons. The number of rotatable bonds is 12. The average molecular weight is 598 g/mol. The zero-order valence-corrected chi connectivity index (χ0v) is 25.9. The summed E-state index contributed by atoms with van der Waals surface area (Å²) in [5.74, 6) is 0.470. The number of hydrogen-bond donors (Lipinski definition) is 1. The number of aryl methyl sites for hydroxylation is 1. The van der Waals surface area contributed by atoms with Gasteiger partial charge in [0.2, 0.25) is 0 Å². The molecular formula is C40H39NO4. The van der Waals surface area contributed by atoms with E-state index in [2.05, 4.69) is 90.1 Å². The summed E-state index contributed by atoms with van der Waals surface area (Å²) in [5, 5.41) is 15.3. The lowest BCUT2D eigenvalue weighted by molar-refractivity contribution is -0.143. The fourth-order valence-electron chi connectivity index (χ4n) is 6.04. The van der Waals surface area contributed by atoms with E-state index in [1.54, 1.807) is 0 Å². The zero-order chi connectivity index (χ0) is 31.2. The van der Waals surface area contributed by atoms with Crippen LogP contribution in [0.2, 0.25) is 0 Å². The lowest BCUT2D eigenvalue weighted by Crippen LogP contribution is -2.15. The fraction of sp³-hybridized carbons (Fsp3) is 0.250. The zero-order valence-electron chi connectivity index (χ0n) is 25.9. The Bertz CT molecular complexity index is 1750. The number of aliphatic hydroxyl groups is 1. The lowest BCUT2D eigenvalue weighted by atomic mass is 9.90. The van der Waals surface area contributed by atoms with Crippen molar-refractivity contribution in [1.29, 1.82) is 0 Å². The van der Waals surface area contributed by atoms with Gasteiger partial charge in [0.05, 0.1) is 30.4 Å². The first-order chi connectivity index (χ1) is 21.9. The van der Waals surface area contributed by atoms with Crippen LogP contribution in [0.4, 0.5) is 0 Å². The smallest absolute Gasteiger partial charge is 0.306 e. The van der Waals surface area contributed by atoms with Crippen molar-refractivity contribution < 1.29 is 19.2 Å². The molecule has 45 heavy (non-hydrogen) atoms. The first-order valence-corrected chi connectivity index (χ1v) is 15.7. The maximum absolute atomic E-state index is 12.1. The van der Waals surface area contributed by atoms with E-state index in [1.165, 1.54) is 16.7 Å². The minimum atomic E-state index is -0.739. The van der Waals surface area contributed by atoms with E-state index in [0.29, 0.717) is 36.5 Å². The van der Waals surface area contributed by atoms with Crippen LogP contribution in [0, 0.1) is 6.92 Å². The summed E-state index contributed by atoms with van der Waals surface area (Å²) < 4.78 is 10.9. The SMILES string of the molecule is CCOC(=O)CC1(c2ccc(-c3ccc(-c4onc(C)c4C(O)CC=Cc4ccc(Cc5ccccc5)cc4)cc3)cc2)CC1. The number of aliphatic hydroxyl groups excluding tert-OH is 1. The largest absolute Gasteiger partial charge is 0.466 e. The molecule has 4 aromatic carbocycles. The van der Waals surface area contributed by atoms with Gasteiger partial charge in [-0.3, -0.25) is 4.79 Å². The maximum atomic E-state index is 12.1. The van der Waals surface area contributed by atoms with Crippen molar-refractivity contribution in [3.8, 4) is 22.5 Å². The van der Waals surface area contributed by atoms with E-state index < -0.39 is 6.10 Å². The highest BCUT2D eigenvalue weighted by Gasteiger charge is 2.46. The molecule has 1 heterocycles. The average Bonchev–Trinajstić information content (AvgIpc) is 3.74. The normalized spacial score (nSPS) is 14.4. The molecule has 0 spiro atoms. The molecule has 1 aliphatic carbocycles. The van der Waals surface area contributed by atoms with Crippen molar-refractivity contribution in [2.45, 2.75) is 57.5 Å². The van der Waals surface area contributed by atoms with Crippen molar-refractivity contribution in [2.24, 2.45) is 0 Å². The van der Waals surface area contributed by atoms with Gasteiger partial charge in [-0.2, -0.15) is 0 Å². The first kappa shape index (κ1) is 30.3. The van der Waals surface area contributed by atoms with Crippen LogP contribution in [0.1, 0.15) is 72.2 Å². The maximum Gasteiger partial charge on any atom is 0.306 e. The number of hydrogen-bond acceptors (Lipinski definition) is 5. The Labute approximate surface area is 265 Å². The number of carbonyl (C=O) groups excluding carboxylic acids is 1. The summed E-state index contributed by atoms with van der Waals surface area (Å²) in [4.78, 5) is 12.1. The minimum Gasteiger partial charge on any atom is -0.466 e. The molecule has 5 aromatic rings. The molecule has 6 rings (SSSR count). The van der Waals surface area contributed by atoms with Gasteiger partial charge in [-0.25, -0.2) is 0 Å². The van der Waals surface area contributed by atoms with E-state index in [0.717, 1.165) is 41.5 Å². The van der Waals surface area contributed by atoms with Crippen LogP contribution < -0.4 is 0 Å². The molecule has 1 fully saturated rings. The topological polar surface area (TPSA) is 72.6 Å². The molecule has 0 bridgehead atoms. The lowest BCUT2D eigenvalue weighted by Gasteiger charge is -2.15. The van der Waals surface area contributed by atoms with Crippen molar-refractivity contribution in [3.05, 3.63) is 143 Å². The summed E-state index contributed by atoms with van der Waals surface area (Å²) in [7, 11) is 0. The second kappa shape index (κ2) is 13.5. The molecular weight excluding hydrogens is 558 g/mol. The summed E-state index contributed by atoms with van der Waals surface area (Å²) in [6.45, 7) is 4.13.